The van der Waals surface area contributed by atoms with Crippen LogP contribution in [-0.4, -0.2) is 41.3 Å². The maximum Gasteiger partial charge on any atom is 0.254 e. The molecule has 28 heavy (non-hydrogen) atoms. The summed E-state index contributed by atoms with van der Waals surface area (Å²) in [4.78, 5) is 20.1. The maximum atomic E-state index is 12.9. The molecule has 2 N–H and O–H groups in total. The van der Waals surface area contributed by atoms with Crippen molar-refractivity contribution < 1.29 is 4.79 Å². The summed E-state index contributed by atoms with van der Waals surface area (Å²) in [5.74, 6) is 1.15. The second-order valence-corrected chi connectivity index (χ2v) is 8.90. The fraction of sp³-hybridized carbons (Fsp3) is 0.455. The molecule has 1 aromatic heterocycles. The van der Waals surface area contributed by atoms with Crippen molar-refractivity contribution in [1.29, 1.82) is 0 Å². The molecule has 1 atom stereocenters. The minimum atomic E-state index is -0.298. The first kappa shape index (κ1) is 17.9. The lowest BCUT2D eigenvalue weighted by Crippen LogP contribution is -2.55. The van der Waals surface area contributed by atoms with Gasteiger partial charge >= 0.3 is 0 Å². The summed E-state index contributed by atoms with van der Waals surface area (Å²) in [6, 6.07) is 10.7. The Hall–Kier alpha value is -2.18. The lowest BCUT2D eigenvalue weighted by molar-refractivity contribution is 0.0786. The molecule has 146 valence electrons. The van der Waals surface area contributed by atoms with Gasteiger partial charge in [-0.2, -0.15) is 11.3 Å². The molecule has 1 saturated heterocycles. The van der Waals surface area contributed by atoms with E-state index in [0.29, 0.717) is 12.6 Å². The maximum absolute atomic E-state index is 12.9. The number of hydrogen-bond acceptors (Lipinski definition) is 4. The molecular weight excluding hydrogens is 368 g/mol. The first-order valence-electron chi connectivity index (χ1n) is 10.2. The van der Waals surface area contributed by atoms with Gasteiger partial charge in [0.15, 0.2) is 0 Å². The zero-order valence-corrected chi connectivity index (χ0v) is 16.8. The van der Waals surface area contributed by atoms with E-state index in [4.69, 9.17) is 4.99 Å². The first-order chi connectivity index (χ1) is 13.7. The predicted octanol–water partition coefficient (Wildman–Crippen LogP) is 3.89. The average Bonchev–Trinajstić information content (AvgIpc) is 3.46. The Kier molecular flexibility index (Phi) is 4.69. The lowest BCUT2D eigenvalue weighted by Gasteiger charge is -2.31. The SMILES string of the molecule is O=C(c1ccsc1)N1CC[C@@]2(C1)NCc1ccccc1NC2=NC1CCCC1. The van der Waals surface area contributed by atoms with Gasteiger partial charge in [-0.3, -0.25) is 15.1 Å². The highest BCUT2D eigenvalue weighted by Gasteiger charge is 2.45. The van der Waals surface area contributed by atoms with Gasteiger partial charge in [0.25, 0.3) is 5.91 Å². The van der Waals surface area contributed by atoms with Gasteiger partial charge in [0, 0.05) is 30.7 Å². The van der Waals surface area contributed by atoms with E-state index in [1.54, 1.807) is 11.3 Å². The van der Waals surface area contributed by atoms with Crippen molar-refractivity contribution >= 4 is 28.8 Å². The number of carbonyl (C=O) groups is 1. The van der Waals surface area contributed by atoms with Crippen molar-refractivity contribution in [2.75, 3.05) is 18.4 Å². The van der Waals surface area contributed by atoms with Gasteiger partial charge in [0.1, 0.15) is 5.84 Å². The zero-order valence-electron chi connectivity index (χ0n) is 16.0. The molecule has 2 fully saturated rings. The highest BCUT2D eigenvalue weighted by Crippen LogP contribution is 2.32. The van der Waals surface area contributed by atoms with E-state index >= 15 is 0 Å². The van der Waals surface area contributed by atoms with E-state index in [-0.39, 0.29) is 11.4 Å². The minimum absolute atomic E-state index is 0.127. The smallest absolute Gasteiger partial charge is 0.254 e. The Morgan fingerprint density at radius 3 is 2.89 bits per heavy atom. The van der Waals surface area contributed by atoms with E-state index in [1.807, 2.05) is 21.7 Å². The summed E-state index contributed by atoms with van der Waals surface area (Å²) in [7, 11) is 0. The van der Waals surface area contributed by atoms with Crippen molar-refractivity contribution in [3.8, 4) is 0 Å². The summed E-state index contributed by atoms with van der Waals surface area (Å²) in [6.45, 7) is 2.20. The number of nitrogens with one attached hydrogen (secondary N) is 2. The van der Waals surface area contributed by atoms with E-state index in [1.165, 1.54) is 31.2 Å². The van der Waals surface area contributed by atoms with Gasteiger partial charge in [0.2, 0.25) is 0 Å². The van der Waals surface area contributed by atoms with Gasteiger partial charge in [-0.15, -0.1) is 0 Å². The van der Waals surface area contributed by atoms with E-state index < -0.39 is 0 Å². The number of carbonyl (C=O) groups excluding carboxylic acids is 1. The number of amidine groups is 1. The average molecular weight is 395 g/mol. The van der Waals surface area contributed by atoms with E-state index in [9.17, 15) is 4.79 Å². The highest BCUT2D eigenvalue weighted by atomic mass is 32.1. The quantitative estimate of drug-likeness (QED) is 0.812. The van der Waals surface area contributed by atoms with Crippen molar-refractivity contribution in [2.24, 2.45) is 4.99 Å². The van der Waals surface area contributed by atoms with Crippen LogP contribution in [0.5, 0.6) is 0 Å². The van der Waals surface area contributed by atoms with Crippen molar-refractivity contribution in [3.63, 3.8) is 0 Å². The van der Waals surface area contributed by atoms with Gasteiger partial charge in [-0.25, -0.2) is 0 Å². The van der Waals surface area contributed by atoms with Crippen molar-refractivity contribution in [2.45, 2.75) is 50.2 Å². The first-order valence-corrected chi connectivity index (χ1v) is 11.2. The molecule has 1 amide bonds. The molecule has 0 unspecified atom stereocenters. The van der Waals surface area contributed by atoms with Crippen LogP contribution in [0.15, 0.2) is 46.1 Å². The normalized spacial score (nSPS) is 26.4. The van der Waals surface area contributed by atoms with Crippen LogP contribution in [0, 0.1) is 0 Å². The summed E-state index contributed by atoms with van der Waals surface area (Å²) in [5.41, 5.74) is 2.88. The molecule has 5 rings (SSSR count). The molecule has 5 nitrogen and oxygen atoms in total. The topological polar surface area (TPSA) is 56.7 Å². The number of hydrogen-bond donors (Lipinski definition) is 2. The van der Waals surface area contributed by atoms with Crippen LogP contribution in [0.2, 0.25) is 0 Å². The number of likely N-dealkylation sites (tertiary alicyclic amines) is 1. The van der Waals surface area contributed by atoms with Gasteiger partial charge in [0.05, 0.1) is 17.1 Å². The molecule has 1 spiro atoms. The number of thiophene rings is 1. The number of para-hydroxylation sites is 1. The van der Waals surface area contributed by atoms with E-state index in [2.05, 4.69) is 34.9 Å². The third-order valence-electron chi connectivity index (χ3n) is 6.30. The minimum Gasteiger partial charge on any atom is -0.342 e. The molecule has 3 heterocycles. The van der Waals surface area contributed by atoms with Crippen LogP contribution in [0.4, 0.5) is 5.69 Å². The van der Waals surface area contributed by atoms with Gasteiger partial charge < -0.3 is 10.2 Å². The third-order valence-corrected chi connectivity index (χ3v) is 6.99. The fourth-order valence-corrected chi connectivity index (χ4v) is 5.28. The zero-order chi connectivity index (χ0) is 19.0. The molecule has 3 aliphatic rings. The second-order valence-electron chi connectivity index (χ2n) is 8.12. The van der Waals surface area contributed by atoms with Crippen LogP contribution in [0.25, 0.3) is 0 Å². The fourth-order valence-electron chi connectivity index (χ4n) is 4.65. The third kappa shape index (κ3) is 3.25. The Morgan fingerprint density at radius 2 is 2.07 bits per heavy atom. The van der Waals surface area contributed by atoms with Crippen LogP contribution in [0.3, 0.4) is 0 Å². The molecule has 1 aromatic carbocycles. The number of anilines is 1. The van der Waals surface area contributed by atoms with Crippen LogP contribution >= 0.6 is 11.3 Å². The summed E-state index contributed by atoms with van der Waals surface area (Å²) in [5, 5.41) is 11.4. The number of benzene rings is 1. The Balaban J connectivity index is 1.47. The van der Waals surface area contributed by atoms with Crippen LogP contribution < -0.4 is 10.6 Å². The van der Waals surface area contributed by atoms with Gasteiger partial charge in [-0.1, -0.05) is 31.0 Å². The number of aliphatic imine (C=N–C) groups is 1. The molecule has 0 bridgehead atoms. The number of nitrogens with zero attached hydrogens (tertiary/aromatic N) is 2. The highest BCUT2D eigenvalue weighted by molar-refractivity contribution is 7.08. The summed E-state index contributed by atoms with van der Waals surface area (Å²) >= 11 is 1.57. The molecule has 2 aromatic rings. The molecule has 1 saturated carbocycles. The monoisotopic (exact) mass is 394 g/mol. The largest absolute Gasteiger partial charge is 0.342 e. The number of amides is 1. The van der Waals surface area contributed by atoms with E-state index in [0.717, 1.165) is 36.6 Å². The molecule has 6 heteroatoms. The lowest BCUT2D eigenvalue weighted by atomic mass is 9.96. The standard InChI is InChI=1S/C22H26N4OS/c27-20(17-9-12-28-14-17)26-11-10-22(15-26)21(24-18-6-2-3-7-18)25-19-8-4-1-5-16(19)13-23-22/h1,4-5,8-9,12,14,18,23H,2-3,6-7,10-11,13,15H2,(H,24,25)/t22-/m0/s1. The Morgan fingerprint density at radius 1 is 1.21 bits per heavy atom. The predicted molar refractivity (Wildman–Crippen MR) is 114 cm³/mol. The van der Waals surface area contributed by atoms with Gasteiger partial charge in [-0.05, 0) is 42.3 Å². The number of fused-ring (bicyclic) bond motifs is 1. The van der Waals surface area contributed by atoms with Crippen molar-refractivity contribution in [3.05, 3.63) is 52.2 Å². The molecular formula is C22H26N4OS. The molecule has 2 aliphatic heterocycles. The Labute approximate surface area is 169 Å². The number of rotatable bonds is 2. The molecule has 0 radical (unpaired) electrons. The summed E-state index contributed by atoms with van der Waals surface area (Å²) < 4.78 is 0. The second kappa shape index (κ2) is 7.33. The van der Waals surface area contributed by atoms with Crippen molar-refractivity contribution in [1.82, 2.24) is 10.2 Å². The molecule has 1 aliphatic carbocycles. The summed E-state index contributed by atoms with van der Waals surface area (Å²) in [6.07, 6.45) is 5.75. The van der Waals surface area contributed by atoms with Crippen LogP contribution in [0.1, 0.15) is 48.0 Å². The van der Waals surface area contributed by atoms with Crippen LogP contribution in [-0.2, 0) is 6.54 Å². The Bertz CT molecular complexity index is 888.